The Kier molecular flexibility index (Phi) is 45.7. The first-order valence-electron chi connectivity index (χ1n) is 25.1. The second kappa shape index (κ2) is 47.0. The number of carbonyl (C=O) groups excluding carboxylic acids is 2. The molecule has 0 aromatic heterocycles. The second-order valence-corrected chi connectivity index (χ2v) is 17.1. The van der Waals surface area contributed by atoms with E-state index in [4.69, 9.17) is 4.74 Å². The smallest absolute Gasteiger partial charge is 0.305 e. The number of hydrogen-bond donors (Lipinski definition) is 3. The van der Waals surface area contributed by atoms with Gasteiger partial charge in [-0.05, 0) is 57.8 Å². The number of carbonyl (C=O) groups is 2. The molecule has 0 aliphatic heterocycles. The number of nitrogens with one attached hydrogen (secondary N) is 1. The van der Waals surface area contributed by atoms with Crippen molar-refractivity contribution in [2.45, 2.75) is 276 Å². The molecule has 57 heavy (non-hydrogen) atoms. The van der Waals surface area contributed by atoms with Crippen LogP contribution in [0.15, 0.2) is 24.3 Å². The molecule has 2 atom stereocenters. The SMILES string of the molecule is CCCCCCCCCCCCCCCC/C=C/C(O)C(CO)NC(=O)CCCCC/C=C\CCCCCCCCOC(=O)CCCCCCCCCCCCC. The van der Waals surface area contributed by atoms with Crippen LogP contribution in [0.5, 0.6) is 0 Å². The van der Waals surface area contributed by atoms with Crippen LogP contribution < -0.4 is 5.32 Å². The van der Waals surface area contributed by atoms with Gasteiger partial charge in [-0.2, -0.15) is 0 Å². The Morgan fingerprint density at radius 2 is 0.825 bits per heavy atom. The lowest BCUT2D eigenvalue weighted by molar-refractivity contribution is -0.143. The highest BCUT2D eigenvalue weighted by Gasteiger charge is 2.18. The lowest BCUT2D eigenvalue weighted by atomic mass is 10.0. The topological polar surface area (TPSA) is 95.9 Å². The van der Waals surface area contributed by atoms with Crippen LogP contribution in [0.1, 0.15) is 264 Å². The molecule has 0 aromatic rings. The van der Waals surface area contributed by atoms with Crippen LogP contribution in [0, 0.1) is 0 Å². The molecule has 0 heterocycles. The van der Waals surface area contributed by atoms with Gasteiger partial charge in [0.2, 0.25) is 5.91 Å². The lowest BCUT2D eigenvalue weighted by Crippen LogP contribution is -2.45. The van der Waals surface area contributed by atoms with Gasteiger partial charge < -0.3 is 20.3 Å². The van der Waals surface area contributed by atoms with E-state index in [2.05, 4.69) is 31.3 Å². The Balaban J connectivity index is 3.55. The normalized spacial score (nSPS) is 12.8. The standard InChI is InChI=1S/C51H97NO5/c1-3-5-7-9-11-13-15-16-17-18-20-24-27-31-35-39-43-49(54)48(47-53)52-50(55)44-40-36-32-28-25-21-19-22-26-30-34-38-42-46-57-51(56)45-41-37-33-29-23-14-12-10-8-6-4-2/h21,25,39,43,48-49,53-54H,3-20,22-24,26-38,40-42,44-47H2,1-2H3,(H,52,55)/b25-21-,43-39+. The number of rotatable bonds is 46. The second-order valence-electron chi connectivity index (χ2n) is 17.1. The third-order valence-electron chi connectivity index (χ3n) is 11.5. The third-order valence-corrected chi connectivity index (χ3v) is 11.5. The molecule has 0 aliphatic carbocycles. The van der Waals surface area contributed by atoms with Crippen LogP contribution in [0.2, 0.25) is 0 Å². The zero-order chi connectivity index (χ0) is 41.5. The molecule has 0 saturated heterocycles. The lowest BCUT2D eigenvalue weighted by Gasteiger charge is -2.19. The predicted molar refractivity (Wildman–Crippen MR) is 246 cm³/mol. The van der Waals surface area contributed by atoms with E-state index in [1.807, 2.05) is 6.08 Å². The van der Waals surface area contributed by atoms with Gasteiger partial charge in [0.05, 0.1) is 25.4 Å². The molecule has 1 amide bonds. The van der Waals surface area contributed by atoms with Crippen LogP contribution in [-0.4, -0.2) is 47.4 Å². The fourth-order valence-electron chi connectivity index (χ4n) is 7.57. The molecule has 0 spiro atoms. The summed E-state index contributed by atoms with van der Waals surface area (Å²) in [6.07, 6.45) is 54.6. The Morgan fingerprint density at radius 1 is 0.474 bits per heavy atom. The van der Waals surface area contributed by atoms with Gasteiger partial charge in [-0.25, -0.2) is 0 Å². The summed E-state index contributed by atoms with van der Waals surface area (Å²) in [4.78, 5) is 24.4. The van der Waals surface area contributed by atoms with E-state index in [9.17, 15) is 19.8 Å². The fourth-order valence-corrected chi connectivity index (χ4v) is 7.57. The molecule has 0 fully saturated rings. The van der Waals surface area contributed by atoms with Crippen LogP contribution in [0.3, 0.4) is 0 Å². The summed E-state index contributed by atoms with van der Waals surface area (Å²) >= 11 is 0. The molecule has 2 unspecified atom stereocenters. The molecule has 3 N–H and O–H groups in total. The summed E-state index contributed by atoms with van der Waals surface area (Å²) in [7, 11) is 0. The van der Waals surface area contributed by atoms with Crippen molar-refractivity contribution in [3.05, 3.63) is 24.3 Å². The van der Waals surface area contributed by atoms with Gasteiger partial charge in [-0.1, -0.05) is 218 Å². The molecular weight excluding hydrogens is 707 g/mol. The molecule has 6 heteroatoms. The summed E-state index contributed by atoms with van der Waals surface area (Å²) in [5, 5.41) is 23.0. The van der Waals surface area contributed by atoms with Crippen molar-refractivity contribution in [3.63, 3.8) is 0 Å². The quantitative estimate of drug-likeness (QED) is 0.0324. The maximum Gasteiger partial charge on any atom is 0.305 e. The van der Waals surface area contributed by atoms with Crippen molar-refractivity contribution in [2.24, 2.45) is 0 Å². The van der Waals surface area contributed by atoms with E-state index < -0.39 is 12.1 Å². The monoisotopic (exact) mass is 804 g/mol. The molecule has 6 nitrogen and oxygen atoms in total. The number of ether oxygens (including phenoxy) is 1. The molecule has 0 aromatic carbocycles. The average Bonchev–Trinajstić information content (AvgIpc) is 3.21. The highest BCUT2D eigenvalue weighted by Crippen LogP contribution is 2.15. The molecule has 336 valence electrons. The van der Waals surface area contributed by atoms with E-state index in [-0.39, 0.29) is 18.5 Å². The zero-order valence-electron chi connectivity index (χ0n) is 38.1. The highest BCUT2D eigenvalue weighted by atomic mass is 16.5. The molecule has 0 rings (SSSR count). The minimum Gasteiger partial charge on any atom is -0.466 e. The zero-order valence-corrected chi connectivity index (χ0v) is 38.1. The first kappa shape index (κ1) is 55.3. The first-order valence-corrected chi connectivity index (χ1v) is 25.1. The Hall–Kier alpha value is -1.66. The van der Waals surface area contributed by atoms with Gasteiger partial charge in [0.1, 0.15) is 0 Å². The minimum absolute atomic E-state index is 0.0147. The summed E-state index contributed by atoms with van der Waals surface area (Å²) in [5.74, 6) is -0.112. The van der Waals surface area contributed by atoms with Crippen molar-refractivity contribution < 1.29 is 24.5 Å². The molecule has 0 aliphatic rings. The van der Waals surface area contributed by atoms with E-state index in [0.717, 1.165) is 70.6 Å². The largest absolute Gasteiger partial charge is 0.466 e. The van der Waals surface area contributed by atoms with Crippen molar-refractivity contribution in [1.29, 1.82) is 0 Å². The summed E-state index contributed by atoms with van der Waals surface area (Å²) in [6, 6.07) is -0.647. The van der Waals surface area contributed by atoms with Crippen molar-refractivity contribution in [3.8, 4) is 0 Å². The van der Waals surface area contributed by atoms with E-state index in [0.29, 0.717) is 19.4 Å². The number of allylic oxidation sites excluding steroid dienone is 3. The molecule has 0 bridgehead atoms. The first-order chi connectivity index (χ1) is 28.0. The maximum absolute atomic E-state index is 12.4. The highest BCUT2D eigenvalue weighted by molar-refractivity contribution is 5.76. The molecule has 0 radical (unpaired) electrons. The van der Waals surface area contributed by atoms with Gasteiger partial charge >= 0.3 is 5.97 Å². The van der Waals surface area contributed by atoms with Crippen molar-refractivity contribution in [1.82, 2.24) is 5.32 Å². The van der Waals surface area contributed by atoms with Crippen LogP contribution >= 0.6 is 0 Å². The predicted octanol–water partition coefficient (Wildman–Crippen LogP) is 14.7. The fraction of sp³-hybridized carbons (Fsp3) is 0.882. The van der Waals surface area contributed by atoms with Crippen molar-refractivity contribution in [2.75, 3.05) is 13.2 Å². The Bertz CT molecular complexity index is 889. The van der Waals surface area contributed by atoms with Gasteiger partial charge in [0.25, 0.3) is 0 Å². The van der Waals surface area contributed by atoms with Gasteiger partial charge in [0, 0.05) is 12.8 Å². The van der Waals surface area contributed by atoms with Crippen LogP contribution in [-0.2, 0) is 14.3 Å². The molecular formula is C51H97NO5. The van der Waals surface area contributed by atoms with Gasteiger partial charge in [-0.3, -0.25) is 9.59 Å². The number of aliphatic hydroxyl groups excluding tert-OH is 2. The number of amides is 1. The van der Waals surface area contributed by atoms with Crippen LogP contribution in [0.4, 0.5) is 0 Å². The van der Waals surface area contributed by atoms with Crippen LogP contribution in [0.25, 0.3) is 0 Å². The summed E-state index contributed by atoms with van der Waals surface area (Å²) in [6.45, 7) is 4.85. The molecule has 0 saturated carbocycles. The van der Waals surface area contributed by atoms with E-state index >= 15 is 0 Å². The van der Waals surface area contributed by atoms with Gasteiger partial charge in [-0.15, -0.1) is 0 Å². The average molecular weight is 804 g/mol. The maximum atomic E-state index is 12.4. The Labute approximate surface area is 354 Å². The van der Waals surface area contributed by atoms with E-state index in [1.165, 1.54) is 167 Å². The number of unbranched alkanes of at least 4 members (excludes halogenated alkanes) is 33. The number of esters is 1. The summed E-state index contributed by atoms with van der Waals surface area (Å²) < 4.78 is 5.43. The third kappa shape index (κ3) is 43.7. The van der Waals surface area contributed by atoms with Crippen molar-refractivity contribution >= 4 is 11.9 Å². The number of aliphatic hydroxyl groups is 2. The minimum atomic E-state index is -0.860. The Morgan fingerprint density at radius 3 is 1.26 bits per heavy atom. The number of hydrogen-bond acceptors (Lipinski definition) is 5. The summed E-state index contributed by atoms with van der Waals surface area (Å²) in [5.41, 5.74) is 0. The van der Waals surface area contributed by atoms with E-state index in [1.54, 1.807) is 6.08 Å². The van der Waals surface area contributed by atoms with Gasteiger partial charge in [0.15, 0.2) is 0 Å².